The third-order valence-corrected chi connectivity index (χ3v) is 7.05. The maximum Gasteiger partial charge on any atom is 0.320 e. The summed E-state index contributed by atoms with van der Waals surface area (Å²) in [5, 5.41) is 21.5. The van der Waals surface area contributed by atoms with Crippen LogP contribution >= 0.6 is 0 Å². The molecule has 1 heterocycles. The summed E-state index contributed by atoms with van der Waals surface area (Å²) in [5.41, 5.74) is 0.165. The van der Waals surface area contributed by atoms with Crippen LogP contribution in [0.3, 0.4) is 0 Å². The summed E-state index contributed by atoms with van der Waals surface area (Å²) in [6.07, 6.45) is 0.973. The molecule has 2 aromatic rings. The lowest BCUT2D eigenvalue weighted by Crippen LogP contribution is -2.41. The van der Waals surface area contributed by atoms with Gasteiger partial charge in [-0.05, 0) is 92.5 Å². The second kappa shape index (κ2) is 18.8. The van der Waals surface area contributed by atoms with Crippen molar-refractivity contribution in [2.45, 2.75) is 118 Å². The Bertz CT molecular complexity index is 1490. The zero-order valence-corrected chi connectivity index (χ0v) is 32.0. The van der Waals surface area contributed by atoms with Crippen LogP contribution in [0.25, 0.3) is 0 Å². The zero-order chi connectivity index (χ0) is 38.6. The molecule has 284 valence electrons. The second-order valence-electron chi connectivity index (χ2n) is 15.5. The van der Waals surface area contributed by atoms with E-state index >= 15 is 0 Å². The number of pyridine rings is 1. The lowest BCUT2D eigenvalue weighted by Gasteiger charge is -2.29. The quantitative estimate of drug-likeness (QED) is 0.169. The molecule has 1 aromatic carbocycles. The number of ether oxygens (including phenoxy) is 4. The van der Waals surface area contributed by atoms with Crippen molar-refractivity contribution >= 4 is 23.9 Å². The summed E-state index contributed by atoms with van der Waals surface area (Å²) >= 11 is 0. The molecule has 0 radical (unpaired) electrons. The smallest absolute Gasteiger partial charge is 0.320 e. The first-order valence-corrected chi connectivity index (χ1v) is 17.2. The number of esters is 4. The van der Waals surface area contributed by atoms with Gasteiger partial charge in [-0.3, -0.25) is 34.0 Å². The molecule has 51 heavy (non-hydrogen) atoms. The van der Waals surface area contributed by atoms with Gasteiger partial charge in [0.2, 0.25) is 0 Å². The molecule has 2 N–H and O–H groups in total. The van der Waals surface area contributed by atoms with E-state index in [0.717, 1.165) is 5.56 Å². The second-order valence-corrected chi connectivity index (χ2v) is 15.5. The fourth-order valence-corrected chi connectivity index (χ4v) is 4.96. The van der Waals surface area contributed by atoms with E-state index in [9.17, 15) is 29.4 Å². The molecular formula is C38H57N3O10. The number of rotatable bonds is 17. The van der Waals surface area contributed by atoms with Crippen molar-refractivity contribution in [3.05, 3.63) is 52.8 Å². The number of phenolic OH excluding ortho intramolecular Hbond substituents is 1. The summed E-state index contributed by atoms with van der Waals surface area (Å²) in [6, 6.07) is 8.21. The monoisotopic (exact) mass is 715 g/mol. The highest BCUT2D eigenvalue weighted by Crippen LogP contribution is 2.23. The topological polar surface area (TPSA) is 165 Å². The molecule has 0 unspecified atom stereocenters. The van der Waals surface area contributed by atoms with Crippen molar-refractivity contribution in [2.24, 2.45) is 0 Å². The maximum atomic E-state index is 13.0. The molecule has 0 aliphatic rings. The van der Waals surface area contributed by atoms with Crippen LogP contribution in [0.2, 0.25) is 0 Å². The van der Waals surface area contributed by atoms with Crippen molar-refractivity contribution < 1.29 is 48.3 Å². The van der Waals surface area contributed by atoms with Gasteiger partial charge in [0, 0.05) is 50.3 Å². The van der Waals surface area contributed by atoms with Gasteiger partial charge in [-0.15, -0.1) is 0 Å². The Balaban J connectivity index is 2.35. The average Bonchev–Trinajstić information content (AvgIpc) is 2.97. The molecule has 0 saturated heterocycles. The van der Waals surface area contributed by atoms with Crippen molar-refractivity contribution in [1.82, 2.24) is 14.8 Å². The Kier molecular flexibility index (Phi) is 15.9. The maximum absolute atomic E-state index is 13.0. The first-order valence-electron chi connectivity index (χ1n) is 17.2. The highest BCUT2D eigenvalue weighted by molar-refractivity contribution is 5.73. The number of carbonyl (C=O) groups is 4. The van der Waals surface area contributed by atoms with Crippen LogP contribution in [-0.2, 0) is 64.1 Å². The fourth-order valence-electron chi connectivity index (χ4n) is 4.96. The molecule has 0 aliphatic heterocycles. The minimum absolute atomic E-state index is 0.0220. The molecule has 0 spiro atoms. The van der Waals surface area contributed by atoms with Crippen LogP contribution in [0.5, 0.6) is 11.5 Å². The van der Waals surface area contributed by atoms with Crippen LogP contribution in [0.15, 0.2) is 30.3 Å². The van der Waals surface area contributed by atoms with Crippen LogP contribution in [0.1, 0.15) is 97.7 Å². The molecule has 13 nitrogen and oxygen atoms in total. The lowest BCUT2D eigenvalue weighted by molar-refractivity contribution is -0.158. The van der Waals surface area contributed by atoms with Gasteiger partial charge in [0.05, 0.1) is 32.3 Å². The van der Waals surface area contributed by atoms with E-state index in [1.54, 1.807) is 75.6 Å². The van der Waals surface area contributed by atoms with Gasteiger partial charge < -0.3 is 29.2 Å². The number of carbonyl (C=O) groups excluding carboxylic acids is 4. The number of hydrogen-bond donors (Lipinski definition) is 2. The third kappa shape index (κ3) is 18.0. The van der Waals surface area contributed by atoms with Gasteiger partial charge in [0.15, 0.2) is 0 Å². The van der Waals surface area contributed by atoms with Gasteiger partial charge in [-0.1, -0.05) is 12.1 Å². The molecule has 1 aromatic heterocycles. The number of aromatic nitrogens is 1. The van der Waals surface area contributed by atoms with Gasteiger partial charge in [-0.25, -0.2) is 0 Å². The Morgan fingerprint density at radius 2 is 1.14 bits per heavy atom. The summed E-state index contributed by atoms with van der Waals surface area (Å²) < 4.78 is 21.3. The van der Waals surface area contributed by atoms with Gasteiger partial charge >= 0.3 is 23.9 Å². The predicted octanol–water partition coefficient (Wildman–Crippen LogP) is 4.86. The van der Waals surface area contributed by atoms with Crippen molar-refractivity contribution in [3.8, 4) is 11.5 Å². The number of aryl methyl sites for hydroxylation is 2. The van der Waals surface area contributed by atoms with Gasteiger partial charge in [0.1, 0.15) is 28.3 Å². The third-order valence-electron chi connectivity index (χ3n) is 7.05. The first kappa shape index (κ1) is 42.9. The number of methoxy groups -OCH3 is 1. The van der Waals surface area contributed by atoms with E-state index in [1.165, 1.54) is 13.2 Å². The number of nitrogens with zero attached hydrogens (tertiary/aromatic N) is 3. The van der Waals surface area contributed by atoms with Crippen LogP contribution in [0, 0.1) is 0 Å². The van der Waals surface area contributed by atoms with E-state index in [2.05, 4.69) is 4.98 Å². The Hall–Kier alpha value is -4.23. The van der Waals surface area contributed by atoms with E-state index in [0.29, 0.717) is 29.8 Å². The fraction of sp³-hybridized carbons (Fsp3) is 0.605. The number of phenols is 1. The van der Waals surface area contributed by atoms with Crippen LogP contribution in [0.4, 0.5) is 0 Å². The molecule has 0 aliphatic carbocycles. The SMILES string of the molecule is COC(=O)CCc1ccc(O)c(CN(CCN(CC(=O)OC(C)(C)C)Cc2cc(CCC(=O)OC(C)(C)C)ccc2O)CC(=O)OC(C)(C)C)n1. The largest absolute Gasteiger partial charge is 0.508 e. The van der Waals surface area contributed by atoms with E-state index in [4.69, 9.17) is 18.9 Å². The summed E-state index contributed by atoms with van der Waals surface area (Å²) in [6.45, 7) is 16.5. The molecule has 2 rings (SSSR count). The van der Waals surface area contributed by atoms with Crippen LogP contribution < -0.4 is 0 Å². The predicted molar refractivity (Wildman–Crippen MR) is 191 cm³/mol. The van der Waals surface area contributed by atoms with E-state index < -0.39 is 28.7 Å². The molecule has 0 atom stereocenters. The van der Waals surface area contributed by atoms with Crippen molar-refractivity contribution in [1.29, 1.82) is 0 Å². The molecule has 0 fully saturated rings. The number of benzene rings is 1. The highest BCUT2D eigenvalue weighted by atomic mass is 16.6. The van der Waals surface area contributed by atoms with Gasteiger partial charge in [0.25, 0.3) is 0 Å². The Morgan fingerprint density at radius 3 is 1.67 bits per heavy atom. The molecule has 0 saturated carbocycles. The van der Waals surface area contributed by atoms with Gasteiger partial charge in [-0.2, -0.15) is 0 Å². The summed E-state index contributed by atoms with van der Waals surface area (Å²) in [7, 11) is 1.31. The minimum Gasteiger partial charge on any atom is -0.508 e. The molecular weight excluding hydrogens is 658 g/mol. The number of aromatic hydroxyl groups is 2. The summed E-state index contributed by atoms with van der Waals surface area (Å²) in [5.74, 6) is -1.73. The zero-order valence-electron chi connectivity index (χ0n) is 32.0. The Labute approximate surface area is 302 Å². The average molecular weight is 716 g/mol. The first-order chi connectivity index (χ1) is 23.5. The normalized spacial score (nSPS) is 12.2. The van der Waals surface area contributed by atoms with Crippen LogP contribution in [-0.4, -0.2) is 99.0 Å². The summed E-state index contributed by atoms with van der Waals surface area (Å²) in [4.78, 5) is 58.2. The molecule has 0 amide bonds. The van der Waals surface area contributed by atoms with E-state index in [-0.39, 0.29) is 75.5 Å². The van der Waals surface area contributed by atoms with Crippen molar-refractivity contribution in [2.75, 3.05) is 33.3 Å². The standard InChI is InChI=1S/C38H57N3O10/c1-36(2,3)49-33(45)17-12-26-11-15-30(42)27(21-26)22-40(24-34(46)50-37(4,5)6)19-20-41(25-35(47)51-38(7,8)9)23-29-31(43)16-13-28(39-29)14-18-32(44)48-10/h11,13,15-16,21,42-43H,12,14,17-20,22-25H2,1-10H3. The Morgan fingerprint density at radius 1 is 0.647 bits per heavy atom. The molecule has 13 heteroatoms. The van der Waals surface area contributed by atoms with E-state index in [1.807, 2.05) is 20.8 Å². The minimum atomic E-state index is -0.730. The highest BCUT2D eigenvalue weighted by Gasteiger charge is 2.24. The lowest BCUT2D eigenvalue weighted by atomic mass is 10.0. The molecule has 0 bridgehead atoms. The number of hydrogen-bond acceptors (Lipinski definition) is 13. The van der Waals surface area contributed by atoms with Crippen molar-refractivity contribution in [3.63, 3.8) is 0 Å².